The molecule has 1 aromatic rings. The van der Waals surface area contributed by atoms with E-state index in [1.807, 2.05) is 19.3 Å². The van der Waals surface area contributed by atoms with Gasteiger partial charge in [-0.1, -0.05) is 19.9 Å². The fourth-order valence-corrected chi connectivity index (χ4v) is 3.19. The van der Waals surface area contributed by atoms with Crippen LogP contribution in [0.15, 0.2) is 23.3 Å². The standard InChI is InChI=1S/C18H30N4.HI/c1-13(2)15-7-9-16(10-8-15)22-18(19-4)21-12-17-14(3)6-5-11-20-17;/h5-6,11,13,15-16H,7-10,12H2,1-4H3,(H2,19,21,22);1H. The molecule has 0 bridgehead atoms. The summed E-state index contributed by atoms with van der Waals surface area (Å²) in [6.07, 6.45) is 6.98. The van der Waals surface area contributed by atoms with Crippen LogP contribution in [0.3, 0.4) is 0 Å². The molecule has 0 unspecified atom stereocenters. The average molecular weight is 430 g/mol. The van der Waals surface area contributed by atoms with Crippen molar-refractivity contribution in [3.05, 3.63) is 29.6 Å². The number of nitrogens with zero attached hydrogens (tertiary/aromatic N) is 2. The number of hydrogen-bond donors (Lipinski definition) is 2. The molecule has 5 heteroatoms. The second-order valence-electron chi connectivity index (χ2n) is 6.69. The van der Waals surface area contributed by atoms with Crippen molar-refractivity contribution in [2.45, 2.75) is 59.0 Å². The Balaban J connectivity index is 0.00000264. The zero-order chi connectivity index (χ0) is 15.9. The van der Waals surface area contributed by atoms with E-state index in [2.05, 4.69) is 47.4 Å². The molecule has 1 saturated carbocycles. The van der Waals surface area contributed by atoms with Crippen LogP contribution in [0.4, 0.5) is 0 Å². The largest absolute Gasteiger partial charge is 0.354 e. The molecule has 1 aliphatic rings. The van der Waals surface area contributed by atoms with Gasteiger partial charge in [-0.05, 0) is 56.1 Å². The molecular formula is C18H31IN4. The highest BCUT2D eigenvalue weighted by atomic mass is 127. The fraction of sp³-hybridized carbons (Fsp3) is 0.667. The van der Waals surface area contributed by atoms with Gasteiger partial charge >= 0.3 is 0 Å². The normalized spacial score (nSPS) is 21.7. The van der Waals surface area contributed by atoms with Gasteiger partial charge in [0, 0.05) is 19.3 Å². The molecule has 0 spiro atoms. The first-order valence-corrected chi connectivity index (χ1v) is 8.47. The Hall–Kier alpha value is -0.850. The van der Waals surface area contributed by atoms with Crippen molar-refractivity contribution in [1.29, 1.82) is 0 Å². The molecular weight excluding hydrogens is 399 g/mol. The second-order valence-corrected chi connectivity index (χ2v) is 6.69. The minimum atomic E-state index is 0. The van der Waals surface area contributed by atoms with E-state index in [1.165, 1.54) is 31.2 Å². The maximum Gasteiger partial charge on any atom is 0.191 e. The van der Waals surface area contributed by atoms with E-state index in [1.54, 1.807) is 0 Å². The van der Waals surface area contributed by atoms with Crippen molar-refractivity contribution in [3.8, 4) is 0 Å². The van der Waals surface area contributed by atoms with Crippen LogP contribution in [-0.2, 0) is 6.54 Å². The molecule has 0 aliphatic heterocycles. The first-order valence-electron chi connectivity index (χ1n) is 8.47. The Morgan fingerprint density at radius 1 is 1.30 bits per heavy atom. The topological polar surface area (TPSA) is 49.3 Å². The molecule has 1 fully saturated rings. The zero-order valence-corrected chi connectivity index (χ0v) is 17.1. The monoisotopic (exact) mass is 430 g/mol. The number of halogens is 1. The van der Waals surface area contributed by atoms with Crippen LogP contribution >= 0.6 is 24.0 Å². The van der Waals surface area contributed by atoms with Gasteiger partial charge in [-0.2, -0.15) is 0 Å². The van der Waals surface area contributed by atoms with Crippen LogP contribution in [0.5, 0.6) is 0 Å². The molecule has 2 rings (SSSR count). The SMILES string of the molecule is CN=C(NCc1ncccc1C)NC1CCC(C(C)C)CC1.I. The van der Waals surface area contributed by atoms with E-state index in [0.29, 0.717) is 12.6 Å². The van der Waals surface area contributed by atoms with Crippen LogP contribution in [0.2, 0.25) is 0 Å². The van der Waals surface area contributed by atoms with Crippen LogP contribution in [0, 0.1) is 18.8 Å². The quantitative estimate of drug-likeness (QED) is 0.433. The van der Waals surface area contributed by atoms with Gasteiger partial charge in [-0.3, -0.25) is 9.98 Å². The number of aryl methyl sites for hydroxylation is 1. The van der Waals surface area contributed by atoms with Gasteiger partial charge < -0.3 is 10.6 Å². The van der Waals surface area contributed by atoms with Gasteiger partial charge in [0.25, 0.3) is 0 Å². The number of aliphatic imine (C=N–C) groups is 1. The first-order chi connectivity index (χ1) is 10.6. The van der Waals surface area contributed by atoms with E-state index in [4.69, 9.17) is 0 Å². The van der Waals surface area contributed by atoms with Crippen LogP contribution in [0.25, 0.3) is 0 Å². The summed E-state index contributed by atoms with van der Waals surface area (Å²) in [7, 11) is 1.83. The van der Waals surface area contributed by atoms with Gasteiger partial charge in [-0.25, -0.2) is 0 Å². The van der Waals surface area contributed by atoms with E-state index in [-0.39, 0.29) is 24.0 Å². The van der Waals surface area contributed by atoms with Gasteiger partial charge in [-0.15, -0.1) is 24.0 Å². The van der Waals surface area contributed by atoms with Crippen molar-refractivity contribution < 1.29 is 0 Å². The molecule has 1 heterocycles. The molecule has 1 aromatic heterocycles. The molecule has 4 nitrogen and oxygen atoms in total. The lowest BCUT2D eigenvalue weighted by atomic mass is 9.80. The summed E-state index contributed by atoms with van der Waals surface area (Å²) in [5.41, 5.74) is 2.29. The highest BCUT2D eigenvalue weighted by Gasteiger charge is 2.23. The maximum absolute atomic E-state index is 4.42. The Morgan fingerprint density at radius 3 is 2.57 bits per heavy atom. The summed E-state index contributed by atoms with van der Waals surface area (Å²) in [6.45, 7) is 7.49. The van der Waals surface area contributed by atoms with Crippen molar-refractivity contribution in [3.63, 3.8) is 0 Å². The summed E-state index contributed by atoms with van der Waals surface area (Å²) in [5, 5.41) is 6.95. The van der Waals surface area contributed by atoms with Gasteiger partial charge in [0.2, 0.25) is 0 Å². The smallest absolute Gasteiger partial charge is 0.191 e. The fourth-order valence-electron chi connectivity index (χ4n) is 3.19. The lowest BCUT2D eigenvalue weighted by Crippen LogP contribution is -2.45. The number of aromatic nitrogens is 1. The molecule has 2 N–H and O–H groups in total. The summed E-state index contributed by atoms with van der Waals surface area (Å²) >= 11 is 0. The third-order valence-corrected chi connectivity index (χ3v) is 4.82. The Morgan fingerprint density at radius 2 is 2.00 bits per heavy atom. The highest BCUT2D eigenvalue weighted by Crippen LogP contribution is 2.29. The molecule has 0 saturated heterocycles. The molecule has 0 radical (unpaired) electrons. The van der Waals surface area contributed by atoms with Gasteiger partial charge in [0.1, 0.15) is 0 Å². The predicted octanol–water partition coefficient (Wildman–Crippen LogP) is 3.89. The Bertz CT molecular complexity index is 494. The van der Waals surface area contributed by atoms with E-state index >= 15 is 0 Å². The minimum absolute atomic E-state index is 0. The summed E-state index contributed by atoms with van der Waals surface area (Å²) in [5.74, 6) is 2.59. The van der Waals surface area contributed by atoms with Crippen LogP contribution in [-0.4, -0.2) is 24.0 Å². The summed E-state index contributed by atoms with van der Waals surface area (Å²) < 4.78 is 0. The third-order valence-electron chi connectivity index (χ3n) is 4.82. The summed E-state index contributed by atoms with van der Waals surface area (Å²) in [6, 6.07) is 4.61. The van der Waals surface area contributed by atoms with Gasteiger partial charge in [0.05, 0.1) is 12.2 Å². The van der Waals surface area contributed by atoms with Crippen molar-refractivity contribution in [1.82, 2.24) is 15.6 Å². The number of guanidine groups is 1. The van der Waals surface area contributed by atoms with E-state index in [9.17, 15) is 0 Å². The molecule has 23 heavy (non-hydrogen) atoms. The lowest BCUT2D eigenvalue weighted by Gasteiger charge is -2.32. The van der Waals surface area contributed by atoms with E-state index in [0.717, 1.165) is 23.5 Å². The molecule has 0 amide bonds. The Kier molecular flexibility index (Phi) is 8.87. The maximum atomic E-state index is 4.42. The van der Waals surface area contributed by atoms with Crippen molar-refractivity contribution in [2.24, 2.45) is 16.8 Å². The minimum Gasteiger partial charge on any atom is -0.354 e. The first kappa shape index (κ1) is 20.2. The van der Waals surface area contributed by atoms with Gasteiger partial charge in [0.15, 0.2) is 5.96 Å². The van der Waals surface area contributed by atoms with Crippen LogP contribution < -0.4 is 10.6 Å². The highest BCUT2D eigenvalue weighted by molar-refractivity contribution is 14.0. The molecule has 1 aliphatic carbocycles. The lowest BCUT2D eigenvalue weighted by molar-refractivity contribution is 0.250. The predicted molar refractivity (Wildman–Crippen MR) is 108 cm³/mol. The number of nitrogens with one attached hydrogen (secondary N) is 2. The average Bonchev–Trinajstić information content (AvgIpc) is 2.53. The number of rotatable bonds is 4. The molecule has 0 aromatic carbocycles. The second kappa shape index (κ2) is 10.1. The number of hydrogen-bond acceptors (Lipinski definition) is 2. The van der Waals surface area contributed by atoms with Crippen LogP contribution in [0.1, 0.15) is 50.8 Å². The van der Waals surface area contributed by atoms with Crippen molar-refractivity contribution in [2.75, 3.05) is 7.05 Å². The van der Waals surface area contributed by atoms with Crippen molar-refractivity contribution >= 4 is 29.9 Å². The van der Waals surface area contributed by atoms with E-state index < -0.39 is 0 Å². The third kappa shape index (κ3) is 6.28. The Labute approximate surface area is 158 Å². The number of pyridine rings is 1. The molecule has 0 atom stereocenters. The molecule has 130 valence electrons. The summed E-state index contributed by atoms with van der Waals surface area (Å²) in [4.78, 5) is 8.76. The zero-order valence-electron chi connectivity index (χ0n) is 14.8.